The first-order valence-electron chi connectivity index (χ1n) is 9.05. The van der Waals surface area contributed by atoms with Crippen molar-refractivity contribution < 1.29 is 22.7 Å². The van der Waals surface area contributed by atoms with Crippen LogP contribution in [0.25, 0.3) is 11.3 Å². The first kappa shape index (κ1) is 20.4. The lowest BCUT2D eigenvalue weighted by atomic mass is 9.94. The average molecular weight is 429 g/mol. The molecule has 0 saturated heterocycles. The molecule has 2 radical (unpaired) electrons. The van der Waals surface area contributed by atoms with Gasteiger partial charge in [0.2, 0.25) is 0 Å². The van der Waals surface area contributed by atoms with Crippen LogP contribution in [0.3, 0.4) is 0 Å². The lowest BCUT2D eigenvalue weighted by molar-refractivity contribution is -0.137. The Labute approximate surface area is 175 Å². The minimum atomic E-state index is -4.63. The van der Waals surface area contributed by atoms with Gasteiger partial charge in [-0.05, 0) is 24.8 Å². The van der Waals surface area contributed by atoms with Crippen molar-refractivity contribution in [1.82, 2.24) is 9.97 Å². The number of halogens is 3. The van der Waals surface area contributed by atoms with Crippen molar-refractivity contribution in [1.29, 1.82) is 0 Å². The van der Waals surface area contributed by atoms with Gasteiger partial charge in [-0.1, -0.05) is 29.7 Å². The number of nitrogens with zero attached hydrogens (tertiary/aromatic N) is 2. The minimum Gasteiger partial charge on any atom is -0.465 e. The Kier molecular flexibility index (Phi) is 5.27. The summed E-state index contributed by atoms with van der Waals surface area (Å²) >= 11 is 1.39. The number of pyridine rings is 1. The number of esters is 1. The number of ether oxygens (including phenoxy) is 1. The van der Waals surface area contributed by atoms with Gasteiger partial charge in [0.1, 0.15) is 19.2 Å². The minimum absolute atomic E-state index is 0.0465. The Morgan fingerprint density at radius 2 is 1.97 bits per heavy atom. The number of hydrogen-bond acceptors (Lipinski definition) is 6. The van der Waals surface area contributed by atoms with Crippen LogP contribution < -0.4 is 10.8 Å². The molecule has 2 aromatic heterocycles. The molecule has 0 unspecified atom stereocenters. The van der Waals surface area contributed by atoms with Crippen molar-refractivity contribution >= 4 is 41.6 Å². The Balaban J connectivity index is 1.71. The fourth-order valence-electron chi connectivity index (χ4n) is 2.94. The van der Waals surface area contributed by atoms with Crippen molar-refractivity contribution in [3.05, 3.63) is 52.5 Å². The van der Waals surface area contributed by atoms with E-state index in [0.29, 0.717) is 22.7 Å². The summed E-state index contributed by atoms with van der Waals surface area (Å²) in [7, 11) is 6.86. The molecule has 0 spiro atoms. The van der Waals surface area contributed by atoms with E-state index < -0.39 is 17.7 Å². The van der Waals surface area contributed by atoms with Gasteiger partial charge in [0, 0.05) is 16.6 Å². The Bertz CT molecular complexity index is 1100. The molecule has 1 fully saturated rings. The number of alkyl halides is 3. The SMILES string of the molecule is [B]c1ccc(-c2nc(Nc3ncc(C(F)(F)F)cc3C(=O)OC)sc2C2CC2)cc1. The first-order chi connectivity index (χ1) is 14.3. The predicted octanol–water partition coefficient (Wildman–Crippen LogP) is 4.43. The molecule has 0 bridgehead atoms. The molecule has 1 aliphatic carbocycles. The second-order valence-electron chi connectivity index (χ2n) is 6.86. The lowest BCUT2D eigenvalue weighted by Crippen LogP contribution is -2.12. The Hall–Kier alpha value is -2.88. The Morgan fingerprint density at radius 1 is 1.27 bits per heavy atom. The van der Waals surface area contributed by atoms with Crippen LogP contribution in [0.15, 0.2) is 36.5 Å². The summed E-state index contributed by atoms with van der Waals surface area (Å²) in [6, 6.07) is 8.03. The average Bonchev–Trinajstić information content (AvgIpc) is 3.48. The van der Waals surface area contributed by atoms with Gasteiger partial charge in [0.25, 0.3) is 0 Å². The molecule has 0 atom stereocenters. The van der Waals surface area contributed by atoms with E-state index in [9.17, 15) is 18.0 Å². The normalized spacial score (nSPS) is 13.9. The zero-order chi connectivity index (χ0) is 21.5. The second-order valence-corrected chi connectivity index (χ2v) is 7.89. The van der Waals surface area contributed by atoms with Crippen LogP contribution in [0.1, 0.15) is 39.6 Å². The van der Waals surface area contributed by atoms with Crippen LogP contribution in [0.2, 0.25) is 0 Å². The van der Waals surface area contributed by atoms with Crippen molar-refractivity contribution in [2.45, 2.75) is 24.9 Å². The first-order valence-corrected chi connectivity index (χ1v) is 9.87. The van der Waals surface area contributed by atoms with Crippen molar-refractivity contribution in [3.8, 4) is 11.3 Å². The third-order valence-corrected chi connectivity index (χ3v) is 5.76. The van der Waals surface area contributed by atoms with E-state index in [-0.39, 0.29) is 11.4 Å². The summed E-state index contributed by atoms with van der Waals surface area (Å²) in [4.78, 5) is 21.6. The molecule has 0 amide bonds. The fourth-order valence-corrected chi connectivity index (χ4v) is 4.10. The van der Waals surface area contributed by atoms with E-state index in [1.807, 2.05) is 12.1 Å². The summed E-state index contributed by atoms with van der Waals surface area (Å²) in [5, 5.41) is 3.33. The maximum absolute atomic E-state index is 13.0. The molecule has 152 valence electrons. The topological polar surface area (TPSA) is 64.1 Å². The predicted molar refractivity (Wildman–Crippen MR) is 109 cm³/mol. The van der Waals surface area contributed by atoms with Crippen molar-refractivity contribution in [3.63, 3.8) is 0 Å². The number of rotatable bonds is 5. The molecule has 1 aliphatic rings. The van der Waals surface area contributed by atoms with E-state index >= 15 is 0 Å². The number of carbonyl (C=O) groups excluding carboxylic acids is 1. The highest BCUT2D eigenvalue weighted by atomic mass is 32.1. The number of nitrogens with one attached hydrogen (secondary N) is 1. The van der Waals surface area contributed by atoms with Crippen LogP contribution in [-0.2, 0) is 10.9 Å². The Morgan fingerprint density at radius 3 is 2.57 bits per heavy atom. The highest BCUT2D eigenvalue weighted by Gasteiger charge is 2.33. The molecule has 1 saturated carbocycles. The van der Waals surface area contributed by atoms with E-state index in [1.54, 1.807) is 12.1 Å². The van der Waals surface area contributed by atoms with E-state index in [4.69, 9.17) is 7.85 Å². The summed E-state index contributed by atoms with van der Waals surface area (Å²) in [6.07, 6.45) is -1.85. The molecular formula is C20H15BF3N3O2S. The van der Waals surface area contributed by atoms with Crippen LogP contribution in [0, 0.1) is 0 Å². The number of thiazole rings is 1. The molecule has 30 heavy (non-hydrogen) atoms. The molecule has 0 aliphatic heterocycles. The summed E-state index contributed by atoms with van der Waals surface area (Å²) < 4.78 is 43.7. The summed E-state index contributed by atoms with van der Waals surface area (Å²) in [5.74, 6) is -0.574. The third-order valence-electron chi connectivity index (χ3n) is 4.63. The number of hydrogen-bond donors (Lipinski definition) is 1. The van der Waals surface area contributed by atoms with Gasteiger partial charge in [-0.25, -0.2) is 14.8 Å². The molecular weight excluding hydrogens is 414 g/mol. The van der Waals surface area contributed by atoms with E-state index in [0.717, 1.165) is 42.2 Å². The third kappa shape index (κ3) is 4.18. The smallest absolute Gasteiger partial charge is 0.417 e. The molecule has 10 heteroatoms. The molecule has 1 aromatic carbocycles. The largest absolute Gasteiger partial charge is 0.465 e. The van der Waals surface area contributed by atoms with Crippen molar-refractivity contribution in [2.75, 3.05) is 12.4 Å². The number of anilines is 2. The highest BCUT2D eigenvalue weighted by molar-refractivity contribution is 7.16. The molecule has 1 N–H and O–H groups in total. The van der Waals surface area contributed by atoms with Crippen LogP contribution in [0.5, 0.6) is 0 Å². The molecule has 2 heterocycles. The van der Waals surface area contributed by atoms with Gasteiger partial charge in [-0.2, -0.15) is 13.2 Å². The lowest BCUT2D eigenvalue weighted by Gasteiger charge is -2.11. The second kappa shape index (κ2) is 7.75. The van der Waals surface area contributed by atoms with Gasteiger partial charge in [0.15, 0.2) is 5.13 Å². The van der Waals surface area contributed by atoms with E-state index in [2.05, 4.69) is 20.0 Å². The molecule has 5 nitrogen and oxygen atoms in total. The number of carbonyl (C=O) groups is 1. The van der Waals surface area contributed by atoms with Gasteiger partial charge < -0.3 is 10.1 Å². The van der Waals surface area contributed by atoms with Gasteiger partial charge in [-0.15, -0.1) is 11.3 Å². The quantitative estimate of drug-likeness (QED) is 0.481. The zero-order valence-electron chi connectivity index (χ0n) is 15.8. The number of methoxy groups -OCH3 is 1. The number of aromatic nitrogens is 2. The maximum atomic E-state index is 13.0. The maximum Gasteiger partial charge on any atom is 0.417 e. The van der Waals surface area contributed by atoms with Crippen molar-refractivity contribution in [2.24, 2.45) is 0 Å². The summed E-state index contributed by atoms with van der Waals surface area (Å²) in [5.41, 5.74) is 0.968. The zero-order valence-corrected chi connectivity index (χ0v) is 16.6. The van der Waals surface area contributed by atoms with E-state index in [1.165, 1.54) is 11.3 Å². The van der Waals surface area contributed by atoms with Gasteiger partial charge in [-0.3, -0.25) is 0 Å². The molecule has 4 rings (SSSR count). The van der Waals surface area contributed by atoms with Crippen LogP contribution in [-0.4, -0.2) is 30.9 Å². The molecule has 3 aromatic rings. The highest BCUT2D eigenvalue weighted by Crippen LogP contribution is 2.48. The van der Waals surface area contributed by atoms with Crippen LogP contribution >= 0.6 is 11.3 Å². The monoisotopic (exact) mass is 429 g/mol. The van der Waals surface area contributed by atoms with Gasteiger partial charge >= 0.3 is 12.1 Å². The van der Waals surface area contributed by atoms with Gasteiger partial charge in [0.05, 0.1) is 18.4 Å². The standard InChI is InChI=1S/C20H15BF3N3O2S/c1-29-18(28)14-8-12(20(22,23)24)9-25-17(14)27-19-26-15(16(30-19)11-2-3-11)10-4-6-13(21)7-5-10/h4-9,11H,2-3H2,1H3,(H,25,26,27). The summed E-state index contributed by atoms with van der Waals surface area (Å²) in [6.45, 7) is 0. The fraction of sp³-hybridized carbons (Fsp3) is 0.250. The number of benzene rings is 1. The van der Waals surface area contributed by atoms with Crippen LogP contribution in [0.4, 0.5) is 24.1 Å².